The lowest BCUT2D eigenvalue weighted by molar-refractivity contribution is 0.373. The van der Waals surface area contributed by atoms with Gasteiger partial charge in [0.25, 0.3) is 0 Å². The summed E-state index contributed by atoms with van der Waals surface area (Å²) in [6.07, 6.45) is 3.02. The molecule has 3 nitrogen and oxygen atoms in total. The van der Waals surface area contributed by atoms with Crippen molar-refractivity contribution in [2.75, 3.05) is 7.11 Å². The van der Waals surface area contributed by atoms with Crippen LogP contribution in [0.4, 0.5) is 4.39 Å². The quantitative estimate of drug-likeness (QED) is 0.820. The number of rotatable bonds is 4. The van der Waals surface area contributed by atoms with Crippen molar-refractivity contribution in [2.24, 2.45) is 0 Å². The first-order valence-electron chi connectivity index (χ1n) is 7.25. The van der Waals surface area contributed by atoms with Crippen LogP contribution in [0, 0.1) is 17.1 Å². The predicted octanol–water partition coefficient (Wildman–Crippen LogP) is 4.87. The van der Waals surface area contributed by atoms with Gasteiger partial charge in [0, 0.05) is 11.6 Å². The first-order valence-corrected chi connectivity index (χ1v) is 7.25. The van der Waals surface area contributed by atoms with E-state index in [0.29, 0.717) is 16.9 Å². The lowest BCUT2D eigenvalue weighted by Crippen LogP contribution is -1.98. The van der Waals surface area contributed by atoms with Gasteiger partial charge >= 0.3 is 0 Å². The van der Waals surface area contributed by atoms with Gasteiger partial charge in [-0.3, -0.25) is 0 Å². The summed E-state index contributed by atoms with van der Waals surface area (Å²) in [5.41, 5.74) is 2.85. The second-order valence-corrected chi connectivity index (χ2v) is 5.43. The lowest BCUT2D eigenvalue weighted by atomic mass is 9.88. The predicted molar refractivity (Wildman–Crippen MR) is 88.8 cm³/mol. The largest absolute Gasteiger partial charge is 0.504 e. The average molecular weight is 311 g/mol. The molecule has 4 heteroatoms. The Morgan fingerprint density at radius 2 is 1.91 bits per heavy atom. The molecule has 2 rings (SSSR count). The molecule has 0 fully saturated rings. The number of phenolic OH excluding ortho intramolecular Hbond substituents is 1. The molecule has 0 spiro atoms. The van der Waals surface area contributed by atoms with Crippen molar-refractivity contribution in [3.63, 3.8) is 0 Å². The Balaban J connectivity index is 2.84. The molecule has 0 aliphatic rings. The Kier molecular flexibility index (Phi) is 5.02. The minimum absolute atomic E-state index is 0.0268. The topological polar surface area (TPSA) is 53.2 Å². The van der Waals surface area contributed by atoms with E-state index >= 15 is 0 Å². The number of nitrogens with zero attached hydrogens (tertiary/aromatic N) is 1. The third-order valence-electron chi connectivity index (χ3n) is 3.64. The highest BCUT2D eigenvalue weighted by Crippen LogP contribution is 2.44. The number of ether oxygens (including phenoxy) is 1. The van der Waals surface area contributed by atoms with Gasteiger partial charge in [-0.05, 0) is 46.9 Å². The minimum Gasteiger partial charge on any atom is -0.504 e. The second kappa shape index (κ2) is 6.97. The average Bonchev–Trinajstić information content (AvgIpc) is 2.53. The van der Waals surface area contributed by atoms with E-state index in [0.717, 1.165) is 11.1 Å². The summed E-state index contributed by atoms with van der Waals surface area (Å²) >= 11 is 0. The number of benzene rings is 2. The van der Waals surface area contributed by atoms with E-state index < -0.39 is 0 Å². The first kappa shape index (κ1) is 16.6. The summed E-state index contributed by atoms with van der Waals surface area (Å²) in [6.45, 7) is 4.04. The molecule has 0 radical (unpaired) electrons. The summed E-state index contributed by atoms with van der Waals surface area (Å²) < 4.78 is 18.5. The van der Waals surface area contributed by atoms with Gasteiger partial charge in [0.2, 0.25) is 0 Å². The van der Waals surface area contributed by atoms with Gasteiger partial charge in [-0.15, -0.1) is 0 Å². The van der Waals surface area contributed by atoms with Crippen LogP contribution < -0.4 is 4.74 Å². The van der Waals surface area contributed by atoms with Crippen molar-refractivity contribution in [2.45, 2.75) is 19.8 Å². The molecule has 0 aliphatic heterocycles. The summed E-state index contributed by atoms with van der Waals surface area (Å²) in [5, 5.41) is 19.4. The Morgan fingerprint density at radius 3 is 2.43 bits per heavy atom. The molecule has 0 saturated carbocycles. The third kappa shape index (κ3) is 3.35. The van der Waals surface area contributed by atoms with Crippen molar-refractivity contribution in [3.8, 4) is 28.7 Å². The Morgan fingerprint density at radius 1 is 1.26 bits per heavy atom. The maximum atomic E-state index is 13.2. The SMILES string of the molecule is COc1cc(C(C)C)c(/C=C/C#N)c(-c2ccc(F)cc2)c1O. The van der Waals surface area contributed by atoms with Crippen LogP contribution in [0.15, 0.2) is 36.4 Å². The molecule has 0 aromatic heterocycles. The molecule has 0 bridgehead atoms. The summed E-state index contributed by atoms with van der Waals surface area (Å²) in [5.74, 6) is 0.125. The number of methoxy groups -OCH3 is 1. The van der Waals surface area contributed by atoms with E-state index in [1.54, 1.807) is 24.3 Å². The molecule has 0 atom stereocenters. The fourth-order valence-corrected chi connectivity index (χ4v) is 2.52. The van der Waals surface area contributed by atoms with Crippen molar-refractivity contribution in [1.29, 1.82) is 5.26 Å². The van der Waals surface area contributed by atoms with Crippen LogP contribution in [-0.2, 0) is 0 Å². The zero-order valence-electron chi connectivity index (χ0n) is 13.3. The van der Waals surface area contributed by atoms with Gasteiger partial charge in [0.05, 0.1) is 13.2 Å². The maximum absolute atomic E-state index is 13.2. The molecule has 2 aromatic carbocycles. The number of allylic oxidation sites excluding steroid dienone is 1. The van der Waals surface area contributed by atoms with E-state index in [1.165, 1.54) is 25.3 Å². The highest BCUT2D eigenvalue weighted by atomic mass is 19.1. The molecular formula is C19H18FNO2. The van der Waals surface area contributed by atoms with Gasteiger partial charge in [-0.2, -0.15) is 5.26 Å². The van der Waals surface area contributed by atoms with E-state index in [4.69, 9.17) is 10.00 Å². The van der Waals surface area contributed by atoms with E-state index in [-0.39, 0.29) is 17.5 Å². The number of halogens is 1. The number of hydrogen-bond acceptors (Lipinski definition) is 3. The monoisotopic (exact) mass is 311 g/mol. The smallest absolute Gasteiger partial charge is 0.166 e. The number of phenols is 1. The van der Waals surface area contributed by atoms with Crippen LogP contribution in [-0.4, -0.2) is 12.2 Å². The van der Waals surface area contributed by atoms with Gasteiger partial charge in [-0.25, -0.2) is 4.39 Å². The summed E-state index contributed by atoms with van der Waals surface area (Å²) in [4.78, 5) is 0. The number of aromatic hydroxyl groups is 1. The molecule has 0 saturated heterocycles. The molecule has 2 aromatic rings. The zero-order chi connectivity index (χ0) is 17.0. The zero-order valence-corrected chi connectivity index (χ0v) is 13.3. The van der Waals surface area contributed by atoms with Gasteiger partial charge in [0.15, 0.2) is 11.5 Å². The number of hydrogen-bond donors (Lipinski definition) is 1. The van der Waals surface area contributed by atoms with Crippen LogP contribution >= 0.6 is 0 Å². The van der Waals surface area contributed by atoms with Crippen LogP contribution in [0.2, 0.25) is 0 Å². The maximum Gasteiger partial charge on any atom is 0.166 e. The highest BCUT2D eigenvalue weighted by Gasteiger charge is 2.20. The Hall–Kier alpha value is -2.80. The van der Waals surface area contributed by atoms with Crippen molar-refractivity contribution >= 4 is 6.08 Å². The van der Waals surface area contributed by atoms with Crippen LogP contribution in [0.25, 0.3) is 17.2 Å². The van der Waals surface area contributed by atoms with Crippen LogP contribution in [0.3, 0.4) is 0 Å². The van der Waals surface area contributed by atoms with Crippen molar-refractivity contribution < 1.29 is 14.2 Å². The minimum atomic E-state index is -0.352. The van der Waals surface area contributed by atoms with E-state index in [1.807, 2.05) is 19.9 Å². The molecule has 0 aliphatic carbocycles. The molecule has 0 heterocycles. The fourth-order valence-electron chi connectivity index (χ4n) is 2.52. The van der Waals surface area contributed by atoms with Gasteiger partial charge < -0.3 is 9.84 Å². The standard InChI is InChI=1S/C19H18FNO2/c1-12(2)16-11-17(23-3)19(22)18(15(16)5-4-10-21)13-6-8-14(20)9-7-13/h4-9,11-12,22H,1-3H3/b5-4+. The molecule has 1 N–H and O–H groups in total. The molecular weight excluding hydrogens is 293 g/mol. The van der Waals surface area contributed by atoms with Crippen LogP contribution in [0.1, 0.15) is 30.9 Å². The Bertz CT molecular complexity index is 771. The van der Waals surface area contributed by atoms with Crippen molar-refractivity contribution in [3.05, 3.63) is 53.4 Å². The van der Waals surface area contributed by atoms with E-state index in [2.05, 4.69) is 0 Å². The molecule has 118 valence electrons. The Labute approximate surface area is 135 Å². The van der Waals surface area contributed by atoms with Crippen molar-refractivity contribution in [1.82, 2.24) is 0 Å². The summed E-state index contributed by atoms with van der Waals surface area (Å²) in [6, 6.07) is 9.59. The molecule has 23 heavy (non-hydrogen) atoms. The fraction of sp³-hybridized carbons (Fsp3) is 0.211. The van der Waals surface area contributed by atoms with E-state index in [9.17, 15) is 9.50 Å². The highest BCUT2D eigenvalue weighted by molar-refractivity contribution is 5.85. The third-order valence-corrected chi connectivity index (χ3v) is 3.64. The van der Waals surface area contributed by atoms with Crippen LogP contribution in [0.5, 0.6) is 11.5 Å². The van der Waals surface area contributed by atoms with Gasteiger partial charge in [0.1, 0.15) is 5.82 Å². The van der Waals surface area contributed by atoms with Gasteiger partial charge in [-0.1, -0.05) is 26.0 Å². The first-order chi connectivity index (χ1) is 11.0. The summed E-state index contributed by atoms with van der Waals surface area (Å²) in [7, 11) is 1.48. The molecule has 0 amide bonds. The lowest BCUT2D eigenvalue weighted by Gasteiger charge is -2.19. The molecule has 0 unspecified atom stereocenters. The second-order valence-electron chi connectivity index (χ2n) is 5.43. The normalized spacial score (nSPS) is 11.0. The number of nitriles is 1.